The van der Waals surface area contributed by atoms with E-state index in [1.807, 2.05) is 31.3 Å². The Morgan fingerprint density at radius 1 is 1.33 bits per heavy atom. The zero-order valence-electron chi connectivity index (χ0n) is 12.5. The monoisotopic (exact) mass is 286 g/mol. The highest BCUT2D eigenvalue weighted by molar-refractivity contribution is 5.82. The van der Waals surface area contributed by atoms with Gasteiger partial charge in [-0.1, -0.05) is 18.2 Å². The Morgan fingerprint density at radius 3 is 3.05 bits per heavy atom. The van der Waals surface area contributed by atoms with Gasteiger partial charge in [-0.05, 0) is 37.9 Å². The van der Waals surface area contributed by atoms with Gasteiger partial charge in [-0.3, -0.25) is 0 Å². The number of nitrogens with zero attached hydrogens (tertiary/aromatic N) is 1. The molecule has 1 aromatic heterocycles. The minimum Gasteiger partial charge on any atom is -0.475 e. The average molecular weight is 286 g/mol. The highest BCUT2D eigenvalue weighted by Gasteiger charge is 2.15. The highest BCUT2D eigenvalue weighted by Crippen LogP contribution is 2.23. The van der Waals surface area contributed by atoms with Gasteiger partial charge in [0.05, 0.1) is 11.6 Å². The van der Waals surface area contributed by atoms with Crippen LogP contribution in [0.15, 0.2) is 30.3 Å². The number of aromatic nitrogens is 1. The molecule has 1 aliphatic rings. The lowest BCUT2D eigenvalue weighted by molar-refractivity contribution is -0.0119. The number of nitrogens with one attached hydrogen (secondary N) is 1. The predicted octanol–water partition coefficient (Wildman–Crippen LogP) is 2.90. The summed E-state index contributed by atoms with van der Waals surface area (Å²) in [6, 6.07) is 10.2. The molecule has 0 aliphatic carbocycles. The first-order valence-corrected chi connectivity index (χ1v) is 7.64. The average Bonchev–Trinajstić information content (AvgIpc) is 2.54. The lowest BCUT2D eigenvalue weighted by Crippen LogP contribution is -2.26. The summed E-state index contributed by atoms with van der Waals surface area (Å²) >= 11 is 0. The summed E-state index contributed by atoms with van der Waals surface area (Å²) < 4.78 is 11.6. The van der Waals surface area contributed by atoms with Crippen LogP contribution in [0.4, 0.5) is 0 Å². The van der Waals surface area contributed by atoms with E-state index in [0.29, 0.717) is 12.5 Å². The summed E-state index contributed by atoms with van der Waals surface area (Å²) in [6.07, 6.45) is 3.68. The molecule has 1 fully saturated rings. The standard InChI is InChI=1S/C17H22N2O2/c1-18-11-13-10-17(19-16-8-3-2-7-15(13)16)21-12-14-6-4-5-9-20-14/h2-3,7-8,10,14,18H,4-6,9,11-12H2,1H3. The zero-order chi connectivity index (χ0) is 14.5. The van der Waals surface area contributed by atoms with Gasteiger partial charge in [-0.15, -0.1) is 0 Å². The van der Waals surface area contributed by atoms with E-state index >= 15 is 0 Å². The lowest BCUT2D eigenvalue weighted by atomic mass is 10.1. The number of para-hydroxylation sites is 1. The van der Waals surface area contributed by atoms with Crippen molar-refractivity contribution in [3.05, 3.63) is 35.9 Å². The molecule has 112 valence electrons. The summed E-state index contributed by atoms with van der Waals surface area (Å²) in [5.74, 6) is 0.688. The second-order valence-electron chi connectivity index (χ2n) is 5.47. The number of ether oxygens (including phenoxy) is 2. The molecule has 4 heteroatoms. The maximum absolute atomic E-state index is 5.88. The molecule has 0 saturated carbocycles. The molecular weight excluding hydrogens is 264 g/mol. The van der Waals surface area contributed by atoms with Crippen LogP contribution in [0.3, 0.4) is 0 Å². The summed E-state index contributed by atoms with van der Waals surface area (Å²) in [5.41, 5.74) is 2.19. The molecule has 2 heterocycles. The summed E-state index contributed by atoms with van der Waals surface area (Å²) in [7, 11) is 1.95. The number of benzene rings is 1. The fraction of sp³-hybridized carbons (Fsp3) is 0.471. The van der Waals surface area contributed by atoms with Crippen LogP contribution >= 0.6 is 0 Å². The fourth-order valence-electron chi connectivity index (χ4n) is 2.75. The van der Waals surface area contributed by atoms with E-state index in [9.17, 15) is 0 Å². The van der Waals surface area contributed by atoms with Crippen LogP contribution in [-0.2, 0) is 11.3 Å². The first kappa shape index (κ1) is 14.3. The third kappa shape index (κ3) is 3.52. The van der Waals surface area contributed by atoms with Crippen LogP contribution in [0.25, 0.3) is 10.9 Å². The Kier molecular flexibility index (Phi) is 4.68. The first-order valence-electron chi connectivity index (χ1n) is 7.64. The molecule has 0 radical (unpaired) electrons. The third-order valence-corrected chi connectivity index (χ3v) is 3.84. The molecule has 1 aromatic carbocycles. The van der Waals surface area contributed by atoms with Gasteiger partial charge in [0.25, 0.3) is 0 Å². The number of hydrogen-bond donors (Lipinski definition) is 1. The molecule has 0 spiro atoms. The number of fused-ring (bicyclic) bond motifs is 1. The van der Waals surface area contributed by atoms with Gasteiger partial charge in [-0.2, -0.15) is 0 Å². The van der Waals surface area contributed by atoms with Crippen molar-refractivity contribution >= 4 is 10.9 Å². The van der Waals surface area contributed by atoms with Crippen LogP contribution < -0.4 is 10.1 Å². The van der Waals surface area contributed by atoms with Gasteiger partial charge in [0.1, 0.15) is 6.61 Å². The van der Waals surface area contributed by atoms with Gasteiger partial charge < -0.3 is 14.8 Å². The summed E-state index contributed by atoms with van der Waals surface area (Å²) in [6.45, 7) is 2.24. The maximum Gasteiger partial charge on any atom is 0.214 e. The molecule has 1 N–H and O–H groups in total. The second-order valence-corrected chi connectivity index (χ2v) is 5.47. The lowest BCUT2D eigenvalue weighted by Gasteiger charge is -2.22. The van der Waals surface area contributed by atoms with E-state index < -0.39 is 0 Å². The first-order chi connectivity index (χ1) is 10.4. The molecule has 1 saturated heterocycles. The molecule has 21 heavy (non-hydrogen) atoms. The molecule has 4 nitrogen and oxygen atoms in total. The van der Waals surface area contributed by atoms with Crippen LogP contribution in [0.5, 0.6) is 5.88 Å². The third-order valence-electron chi connectivity index (χ3n) is 3.84. The molecule has 0 amide bonds. The Labute approximate surface area is 125 Å². The zero-order valence-corrected chi connectivity index (χ0v) is 12.5. The largest absolute Gasteiger partial charge is 0.475 e. The molecule has 0 bridgehead atoms. The van der Waals surface area contributed by atoms with Crippen LogP contribution in [0.2, 0.25) is 0 Å². The van der Waals surface area contributed by atoms with Gasteiger partial charge in [0.2, 0.25) is 5.88 Å². The number of hydrogen-bond acceptors (Lipinski definition) is 4. The van der Waals surface area contributed by atoms with Crippen molar-refractivity contribution in [1.29, 1.82) is 0 Å². The van der Waals surface area contributed by atoms with Gasteiger partial charge >= 0.3 is 0 Å². The maximum atomic E-state index is 5.88. The minimum atomic E-state index is 0.208. The van der Waals surface area contributed by atoms with E-state index in [2.05, 4.69) is 16.4 Å². The summed E-state index contributed by atoms with van der Waals surface area (Å²) in [5, 5.41) is 4.37. The Morgan fingerprint density at radius 2 is 2.24 bits per heavy atom. The van der Waals surface area contributed by atoms with E-state index in [1.54, 1.807) is 0 Å². The number of pyridine rings is 1. The highest BCUT2D eigenvalue weighted by atomic mass is 16.5. The van der Waals surface area contributed by atoms with E-state index in [1.165, 1.54) is 17.4 Å². The molecular formula is C17H22N2O2. The molecule has 3 rings (SSSR count). The normalized spacial score (nSPS) is 18.8. The van der Waals surface area contributed by atoms with Gasteiger partial charge in [-0.25, -0.2) is 4.98 Å². The van der Waals surface area contributed by atoms with E-state index in [0.717, 1.165) is 31.5 Å². The smallest absolute Gasteiger partial charge is 0.214 e. The van der Waals surface area contributed by atoms with Gasteiger partial charge in [0.15, 0.2) is 0 Å². The predicted molar refractivity (Wildman–Crippen MR) is 83.6 cm³/mol. The molecule has 1 atom stereocenters. The van der Waals surface area contributed by atoms with Crippen molar-refractivity contribution in [3.8, 4) is 5.88 Å². The van der Waals surface area contributed by atoms with E-state index in [4.69, 9.17) is 9.47 Å². The van der Waals surface area contributed by atoms with Crippen LogP contribution in [0, 0.1) is 0 Å². The summed E-state index contributed by atoms with van der Waals surface area (Å²) in [4.78, 5) is 4.60. The Hall–Kier alpha value is -1.65. The van der Waals surface area contributed by atoms with Crippen molar-refractivity contribution in [1.82, 2.24) is 10.3 Å². The van der Waals surface area contributed by atoms with Gasteiger partial charge in [0, 0.05) is 24.6 Å². The molecule has 1 unspecified atom stereocenters. The SMILES string of the molecule is CNCc1cc(OCC2CCCCO2)nc2ccccc12. The van der Waals surface area contributed by atoms with Crippen LogP contribution in [-0.4, -0.2) is 31.3 Å². The Balaban J connectivity index is 1.77. The van der Waals surface area contributed by atoms with Crippen molar-refractivity contribution in [2.24, 2.45) is 0 Å². The van der Waals surface area contributed by atoms with Crippen molar-refractivity contribution < 1.29 is 9.47 Å². The fourth-order valence-corrected chi connectivity index (χ4v) is 2.75. The quantitative estimate of drug-likeness (QED) is 0.918. The van der Waals surface area contributed by atoms with Crippen molar-refractivity contribution in [2.75, 3.05) is 20.3 Å². The van der Waals surface area contributed by atoms with E-state index in [-0.39, 0.29) is 6.10 Å². The molecule has 1 aliphatic heterocycles. The van der Waals surface area contributed by atoms with Crippen molar-refractivity contribution in [2.45, 2.75) is 31.9 Å². The van der Waals surface area contributed by atoms with Crippen molar-refractivity contribution in [3.63, 3.8) is 0 Å². The van der Waals surface area contributed by atoms with Crippen LogP contribution in [0.1, 0.15) is 24.8 Å². The Bertz CT molecular complexity index is 594. The number of rotatable bonds is 5. The second kappa shape index (κ2) is 6.87. The molecule has 2 aromatic rings. The minimum absolute atomic E-state index is 0.208. The topological polar surface area (TPSA) is 43.4 Å².